The van der Waals surface area contributed by atoms with Crippen LogP contribution in [0.4, 0.5) is 0 Å². The summed E-state index contributed by atoms with van der Waals surface area (Å²) in [6.45, 7) is 6.47. The first-order valence-corrected chi connectivity index (χ1v) is 4.83. The van der Waals surface area contributed by atoms with Crippen LogP contribution in [-0.4, -0.2) is 18.2 Å². The van der Waals surface area contributed by atoms with Crippen LogP contribution in [0.15, 0.2) is 0 Å². The van der Waals surface area contributed by atoms with E-state index in [9.17, 15) is 0 Å². The molecule has 0 saturated heterocycles. The predicted octanol–water partition coefficient (Wildman–Crippen LogP) is 1.82. The monoisotopic (exact) mass is 184 g/mol. The summed E-state index contributed by atoms with van der Waals surface area (Å²) in [5.41, 5.74) is 4.89. The molecule has 0 radical (unpaired) electrons. The van der Waals surface area contributed by atoms with Crippen LogP contribution in [-0.2, 0) is 4.74 Å². The van der Waals surface area contributed by atoms with E-state index in [2.05, 4.69) is 6.92 Å². The van der Waals surface area contributed by atoms with Gasteiger partial charge < -0.3 is 10.5 Å². The maximum atomic E-state index is 8.63. The van der Waals surface area contributed by atoms with Crippen molar-refractivity contribution in [3.63, 3.8) is 0 Å². The van der Waals surface area contributed by atoms with Crippen LogP contribution < -0.4 is 5.73 Å². The number of nitriles is 1. The summed E-state index contributed by atoms with van der Waals surface area (Å²) in [6, 6.07) is 2.04. The Labute approximate surface area is 80.9 Å². The summed E-state index contributed by atoms with van der Waals surface area (Å²) in [5, 5.41) is 8.63. The lowest BCUT2D eigenvalue weighted by atomic mass is 10.0. The molecule has 76 valence electrons. The SMILES string of the molecule is CCCC(C)OCCC(C)(N)C#N. The molecule has 0 aliphatic carbocycles. The van der Waals surface area contributed by atoms with E-state index in [1.54, 1.807) is 6.92 Å². The van der Waals surface area contributed by atoms with Crippen LogP contribution in [0.1, 0.15) is 40.0 Å². The van der Waals surface area contributed by atoms with Crippen LogP contribution in [0, 0.1) is 11.3 Å². The summed E-state index contributed by atoms with van der Waals surface area (Å²) in [7, 11) is 0. The van der Waals surface area contributed by atoms with E-state index in [1.165, 1.54) is 0 Å². The topological polar surface area (TPSA) is 59.0 Å². The molecule has 2 unspecified atom stereocenters. The van der Waals surface area contributed by atoms with Crippen molar-refractivity contribution in [2.45, 2.75) is 51.7 Å². The van der Waals surface area contributed by atoms with Gasteiger partial charge in [0.15, 0.2) is 0 Å². The molecule has 0 saturated carbocycles. The third-order valence-electron chi connectivity index (χ3n) is 1.97. The molecular weight excluding hydrogens is 164 g/mol. The normalized spacial score (nSPS) is 17.5. The van der Waals surface area contributed by atoms with Crippen molar-refractivity contribution in [3.05, 3.63) is 0 Å². The van der Waals surface area contributed by atoms with Crippen molar-refractivity contribution in [2.24, 2.45) is 5.73 Å². The lowest BCUT2D eigenvalue weighted by molar-refractivity contribution is 0.0526. The Morgan fingerprint density at radius 2 is 2.23 bits per heavy atom. The number of nitrogens with zero attached hydrogens (tertiary/aromatic N) is 1. The molecule has 0 aromatic carbocycles. The number of rotatable bonds is 6. The molecule has 0 aliphatic rings. The van der Waals surface area contributed by atoms with E-state index in [0.29, 0.717) is 13.0 Å². The Morgan fingerprint density at radius 3 is 2.69 bits per heavy atom. The molecule has 0 amide bonds. The second-order valence-electron chi connectivity index (χ2n) is 3.75. The Balaban J connectivity index is 3.51. The summed E-state index contributed by atoms with van der Waals surface area (Å²) in [4.78, 5) is 0. The summed E-state index contributed by atoms with van der Waals surface area (Å²) in [5.74, 6) is 0. The Bertz CT molecular complexity index is 172. The number of hydrogen-bond donors (Lipinski definition) is 1. The zero-order chi connectivity index (χ0) is 10.3. The van der Waals surface area contributed by atoms with Gasteiger partial charge in [-0.1, -0.05) is 13.3 Å². The fraction of sp³-hybridized carbons (Fsp3) is 0.900. The van der Waals surface area contributed by atoms with Gasteiger partial charge in [-0.15, -0.1) is 0 Å². The second kappa shape index (κ2) is 5.95. The van der Waals surface area contributed by atoms with Crippen LogP contribution in [0.25, 0.3) is 0 Å². The first kappa shape index (κ1) is 12.4. The van der Waals surface area contributed by atoms with Crippen LogP contribution in [0.2, 0.25) is 0 Å². The van der Waals surface area contributed by atoms with E-state index >= 15 is 0 Å². The Kier molecular flexibility index (Phi) is 5.68. The number of nitrogens with two attached hydrogens (primary N) is 1. The molecular formula is C10H20N2O. The van der Waals surface area contributed by atoms with Crippen molar-refractivity contribution in [3.8, 4) is 6.07 Å². The lowest BCUT2D eigenvalue weighted by Crippen LogP contribution is -2.35. The summed E-state index contributed by atoms with van der Waals surface area (Å²) in [6.07, 6.45) is 3.06. The van der Waals surface area contributed by atoms with E-state index in [0.717, 1.165) is 12.8 Å². The third-order valence-corrected chi connectivity index (χ3v) is 1.97. The lowest BCUT2D eigenvalue weighted by Gasteiger charge is -2.17. The van der Waals surface area contributed by atoms with Crippen molar-refractivity contribution < 1.29 is 4.74 Å². The third kappa shape index (κ3) is 6.56. The highest BCUT2D eigenvalue weighted by atomic mass is 16.5. The first-order chi connectivity index (χ1) is 6.02. The van der Waals surface area contributed by atoms with E-state index in [-0.39, 0.29) is 6.10 Å². The van der Waals surface area contributed by atoms with Gasteiger partial charge in [0.25, 0.3) is 0 Å². The van der Waals surface area contributed by atoms with Gasteiger partial charge in [-0.25, -0.2) is 0 Å². The van der Waals surface area contributed by atoms with Gasteiger partial charge in [0.1, 0.15) is 5.54 Å². The standard InChI is InChI=1S/C10H20N2O/c1-4-5-9(2)13-7-6-10(3,12)8-11/h9H,4-7,12H2,1-3H3. The summed E-state index contributed by atoms with van der Waals surface area (Å²) < 4.78 is 5.49. The molecule has 0 bridgehead atoms. The van der Waals surface area contributed by atoms with E-state index in [1.807, 2.05) is 13.0 Å². The second-order valence-corrected chi connectivity index (χ2v) is 3.75. The smallest absolute Gasteiger partial charge is 0.103 e. The van der Waals surface area contributed by atoms with Crippen LogP contribution in [0.3, 0.4) is 0 Å². The Hall–Kier alpha value is -0.590. The average Bonchev–Trinajstić information content (AvgIpc) is 2.05. The highest BCUT2D eigenvalue weighted by Gasteiger charge is 2.16. The molecule has 0 aromatic rings. The molecule has 0 heterocycles. The van der Waals surface area contributed by atoms with Gasteiger partial charge in [-0.2, -0.15) is 5.26 Å². The minimum Gasteiger partial charge on any atom is -0.378 e. The molecule has 2 atom stereocenters. The van der Waals surface area contributed by atoms with Gasteiger partial charge in [-0.05, 0) is 20.3 Å². The van der Waals surface area contributed by atoms with Crippen molar-refractivity contribution in [1.82, 2.24) is 0 Å². The molecule has 0 spiro atoms. The minimum atomic E-state index is -0.744. The minimum absolute atomic E-state index is 0.277. The van der Waals surface area contributed by atoms with Crippen molar-refractivity contribution in [1.29, 1.82) is 5.26 Å². The highest BCUT2D eigenvalue weighted by Crippen LogP contribution is 2.06. The van der Waals surface area contributed by atoms with Gasteiger partial charge >= 0.3 is 0 Å². The molecule has 0 fully saturated rings. The molecule has 13 heavy (non-hydrogen) atoms. The average molecular weight is 184 g/mol. The van der Waals surface area contributed by atoms with E-state index in [4.69, 9.17) is 15.7 Å². The zero-order valence-corrected chi connectivity index (χ0v) is 8.84. The molecule has 3 heteroatoms. The Morgan fingerprint density at radius 1 is 1.62 bits per heavy atom. The predicted molar refractivity (Wildman–Crippen MR) is 53.1 cm³/mol. The zero-order valence-electron chi connectivity index (χ0n) is 8.84. The van der Waals surface area contributed by atoms with Gasteiger partial charge in [0.2, 0.25) is 0 Å². The van der Waals surface area contributed by atoms with E-state index < -0.39 is 5.54 Å². The molecule has 0 rings (SSSR count). The van der Waals surface area contributed by atoms with Crippen molar-refractivity contribution >= 4 is 0 Å². The van der Waals surface area contributed by atoms with Gasteiger partial charge in [0, 0.05) is 13.0 Å². The molecule has 0 aromatic heterocycles. The molecule has 0 aliphatic heterocycles. The van der Waals surface area contributed by atoms with Crippen LogP contribution >= 0.6 is 0 Å². The maximum absolute atomic E-state index is 8.63. The first-order valence-electron chi connectivity index (χ1n) is 4.83. The van der Waals surface area contributed by atoms with Crippen molar-refractivity contribution in [2.75, 3.05) is 6.61 Å². The summed E-state index contributed by atoms with van der Waals surface area (Å²) >= 11 is 0. The number of hydrogen-bond acceptors (Lipinski definition) is 3. The largest absolute Gasteiger partial charge is 0.378 e. The molecule has 2 N–H and O–H groups in total. The maximum Gasteiger partial charge on any atom is 0.103 e. The fourth-order valence-corrected chi connectivity index (χ4v) is 1.02. The quantitative estimate of drug-likeness (QED) is 0.685. The fourth-order valence-electron chi connectivity index (χ4n) is 1.02. The highest BCUT2D eigenvalue weighted by molar-refractivity contribution is 5.00. The van der Waals surface area contributed by atoms with Gasteiger partial charge in [0.05, 0.1) is 12.2 Å². The number of ether oxygens (including phenoxy) is 1. The van der Waals surface area contributed by atoms with Gasteiger partial charge in [-0.3, -0.25) is 0 Å². The molecule has 3 nitrogen and oxygen atoms in total. The van der Waals surface area contributed by atoms with Crippen LogP contribution in [0.5, 0.6) is 0 Å².